The van der Waals surface area contributed by atoms with Gasteiger partial charge < -0.3 is 5.32 Å². The van der Waals surface area contributed by atoms with E-state index in [-0.39, 0.29) is 0 Å². The largest absolute Gasteiger partial charge is 0.350 e. The fourth-order valence-electron chi connectivity index (χ4n) is 1.77. The molecule has 3 rings (SSSR count). The van der Waals surface area contributed by atoms with E-state index in [9.17, 15) is 0 Å². The summed E-state index contributed by atoms with van der Waals surface area (Å²) in [5.41, 5.74) is 2.20. The number of hydrogen-bond donors (Lipinski definition) is 1. The van der Waals surface area contributed by atoms with Crippen LogP contribution in [0.4, 0.5) is 5.95 Å². The molecule has 0 atom stereocenters. The molecule has 3 aromatic rings. The zero-order valence-corrected chi connectivity index (χ0v) is 12.2. The first-order valence-corrected chi connectivity index (χ1v) is 6.91. The monoisotopic (exact) mass is 329 g/mol. The van der Waals surface area contributed by atoms with Crippen LogP contribution in [0.5, 0.6) is 0 Å². The van der Waals surface area contributed by atoms with Gasteiger partial charge in [-0.2, -0.15) is 5.10 Å². The van der Waals surface area contributed by atoms with E-state index < -0.39 is 0 Å². The molecule has 6 heteroatoms. The Labute approximate surface area is 124 Å². The molecule has 0 amide bonds. The molecule has 20 heavy (non-hydrogen) atoms. The Hall–Kier alpha value is -2.21. The van der Waals surface area contributed by atoms with Gasteiger partial charge in [0.25, 0.3) is 0 Å². The molecule has 0 fully saturated rings. The Morgan fingerprint density at radius 3 is 2.50 bits per heavy atom. The minimum absolute atomic E-state index is 0.615. The summed E-state index contributed by atoms with van der Waals surface area (Å²) in [4.78, 5) is 8.34. The van der Waals surface area contributed by atoms with Crippen LogP contribution in [-0.2, 0) is 6.54 Å². The maximum absolute atomic E-state index is 4.19. The van der Waals surface area contributed by atoms with Gasteiger partial charge >= 0.3 is 0 Å². The summed E-state index contributed by atoms with van der Waals surface area (Å²) in [7, 11) is 0. The van der Waals surface area contributed by atoms with Crippen LogP contribution < -0.4 is 5.32 Å². The standard InChI is InChI=1S/C14H12BrN5/c15-12-9-17-14(18-10-12)16-8-11-2-4-13(5-3-11)20-7-1-6-19-20/h1-7,9-10H,8H2,(H,16,17,18). The first kappa shape index (κ1) is 12.8. The summed E-state index contributed by atoms with van der Waals surface area (Å²) >= 11 is 3.31. The minimum Gasteiger partial charge on any atom is -0.350 e. The Bertz CT molecular complexity index is 662. The predicted molar refractivity (Wildman–Crippen MR) is 80.6 cm³/mol. The van der Waals surface area contributed by atoms with Crippen molar-refractivity contribution in [2.75, 3.05) is 5.32 Å². The summed E-state index contributed by atoms with van der Waals surface area (Å²) in [6.07, 6.45) is 7.12. The van der Waals surface area contributed by atoms with Crippen LogP contribution in [0.3, 0.4) is 0 Å². The molecule has 0 bridgehead atoms. The summed E-state index contributed by atoms with van der Waals surface area (Å²) in [5, 5.41) is 7.37. The zero-order valence-electron chi connectivity index (χ0n) is 10.6. The van der Waals surface area contributed by atoms with Gasteiger partial charge in [0.1, 0.15) is 0 Å². The van der Waals surface area contributed by atoms with Gasteiger partial charge in [-0.25, -0.2) is 14.6 Å². The van der Waals surface area contributed by atoms with Crippen LogP contribution >= 0.6 is 15.9 Å². The van der Waals surface area contributed by atoms with Crippen LogP contribution in [0.25, 0.3) is 5.69 Å². The van der Waals surface area contributed by atoms with Crippen LogP contribution in [0.1, 0.15) is 5.56 Å². The van der Waals surface area contributed by atoms with E-state index in [4.69, 9.17) is 0 Å². The van der Waals surface area contributed by atoms with Gasteiger partial charge in [-0.1, -0.05) is 12.1 Å². The Morgan fingerprint density at radius 1 is 1.10 bits per heavy atom. The van der Waals surface area contributed by atoms with Gasteiger partial charge in [0.05, 0.1) is 10.2 Å². The van der Waals surface area contributed by atoms with E-state index in [2.05, 4.69) is 48.4 Å². The molecule has 0 aliphatic rings. The van der Waals surface area contributed by atoms with Crippen molar-refractivity contribution in [3.05, 3.63) is 65.2 Å². The molecule has 0 saturated heterocycles. The van der Waals surface area contributed by atoms with E-state index in [1.54, 1.807) is 18.6 Å². The Balaban J connectivity index is 1.65. The molecule has 0 aliphatic carbocycles. The topological polar surface area (TPSA) is 55.6 Å². The van der Waals surface area contributed by atoms with Crippen molar-refractivity contribution in [2.45, 2.75) is 6.54 Å². The smallest absolute Gasteiger partial charge is 0.222 e. The number of nitrogens with zero attached hydrogens (tertiary/aromatic N) is 4. The number of anilines is 1. The number of aromatic nitrogens is 4. The number of nitrogens with one attached hydrogen (secondary N) is 1. The van der Waals surface area contributed by atoms with E-state index in [1.165, 1.54) is 0 Å². The maximum Gasteiger partial charge on any atom is 0.222 e. The van der Waals surface area contributed by atoms with Crippen LogP contribution in [0.2, 0.25) is 0 Å². The molecule has 100 valence electrons. The SMILES string of the molecule is Brc1cnc(NCc2ccc(-n3cccn3)cc2)nc1. The van der Waals surface area contributed by atoms with E-state index in [0.29, 0.717) is 12.5 Å². The van der Waals surface area contributed by atoms with Crippen molar-refractivity contribution in [1.82, 2.24) is 19.7 Å². The maximum atomic E-state index is 4.19. The summed E-state index contributed by atoms with van der Waals surface area (Å²) in [6, 6.07) is 10.1. The first-order valence-electron chi connectivity index (χ1n) is 6.12. The third-order valence-electron chi connectivity index (χ3n) is 2.78. The lowest BCUT2D eigenvalue weighted by Gasteiger charge is -2.06. The molecule has 0 aliphatic heterocycles. The molecule has 2 aromatic heterocycles. The lowest BCUT2D eigenvalue weighted by atomic mass is 10.2. The van der Waals surface area contributed by atoms with Gasteiger partial charge in [0.2, 0.25) is 5.95 Å². The van der Waals surface area contributed by atoms with E-state index >= 15 is 0 Å². The lowest BCUT2D eigenvalue weighted by Crippen LogP contribution is -2.03. The average Bonchev–Trinajstić information content (AvgIpc) is 3.01. The van der Waals surface area contributed by atoms with Crippen molar-refractivity contribution in [3.8, 4) is 5.69 Å². The minimum atomic E-state index is 0.615. The summed E-state index contributed by atoms with van der Waals surface area (Å²) < 4.78 is 2.70. The fraction of sp³-hybridized carbons (Fsp3) is 0.0714. The zero-order chi connectivity index (χ0) is 13.8. The Morgan fingerprint density at radius 2 is 1.85 bits per heavy atom. The molecule has 1 N–H and O–H groups in total. The average molecular weight is 330 g/mol. The molecule has 5 nitrogen and oxygen atoms in total. The van der Waals surface area contributed by atoms with Crippen molar-refractivity contribution >= 4 is 21.9 Å². The fourth-order valence-corrected chi connectivity index (χ4v) is 1.98. The second-order valence-electron chi connectivity index (χ2n) is 4.20. The third kappa shape index (κ3) is 3.03. The highest BCUT2D eigenvalue weighted by molar-refractivity contribution is 9.10. The normalized spacial score (nSPS) is 10.4. The van der Waals surface area contributed by atoms with Crippen LogP contribution in [0, 0.1) is 0 Å². The second kappa shape index (κ2) is 5.83. The van der Waals surface area contributed by atoms with Gasteiger partial charge in [0, 0.05) is 31.3 Å². The van der Waals surface area contributed by atoms with Gasteiger partial charge in [0.15, 0.2) is 0 Å². The predicted octanol–water partition coefficient (Wildman–Crippen LogP) is 3.04. The van der Waals surface area contributed by atoms with Crippen molar-refractivity contribution in [1.29, 1.82) is 0 Å². The van der Waals surface area contributed by atoms with Gasteiger partial charge in [-0.05, 0) is 39.7 Å². The van der Waals surface area contributed by atoms with Gasteiger partial charge in [-0.3, -0.25) is 0 Å². The number of halogens is 1. The Kier molecular flexibility index (Phi) is 3.73. The van der Waals surface area contributed by atoms with Crippen LogP contribution in [0.15, 0.2) is 59.6 Å². The lowest BCUT2D eigenvalue weighted by molar-refractivity contribution is 0.879. The van der Waals surface area contributed by atoms with Crippen LogP contribution in [-0.4, -0.2) is 19.7 Å². The van der Waals surface area contributed by atoms with Crippen molar-refractivity contribution in [2.24, 2.45) is 0 Å². The third-order valence-corrected chi connectivity index (χ3v) is 3.19. The summed E-state index contributed by atoms with van der Waals surface area (Å²) in [5.74, 6) is 0.615. The molecule has 0 radical (unpaired) electrons. The first-order chi connectivity index (χ1) is 9.81. The van der Waals surface area contributed by atoms with Crippen molar-refractivity contribution in [3.63, 3.8) is 0 Å². The number of benzene rings is 1. The molecule has 0 spiro atoms. The molecular weight excluding hydrogens is 318 g/mol. The van der Waals surface area contributed by atoms with E-state index in [0.717, 1.165) is 15.7 Å². The quantitative estimate of drug-likeness (QED) is 0.799. The van der Waals surface area contributed by atoms with Crippen molar-refractivity contribution < 1.29 is 0 Å². The number of hydrogen-bond acceptors (Lipinski definition) is 4. The molecule has 0 unspecified atom stereocenters. The number of rotatable bonds is 4. The molecule has 2 heterocycles. The van der Waals surface area contributed by atoms with Gasteiger partial charge in [-0.15, -0.1) is 0 Å². The van der Waals surface area contributed by atoms with E-state index in [1.807, 2.05) is 29.1 Å². The second-order valence-corrected chi connectivity index (χ2v) is 5.11. The molecule has 1 aromatic carbocycles. The molecule has 0 saturated carbocycles. The highest BCUT2D eigenvalue weighted by Crippen LogP contribution is 2.11. The highest BCUT2D eigenvalue weighted by atomic mass is 79.9. The molecular formula is C14H12BrN5. The highest BCUT2D eigenvalue weighted by Gasteiger charge is 1.99. The summed E-state index contributed by atoms with van der Waals surface area (Å²) in [6.45, 7) is 0.682.